The van der Waals surface area contributed by atoms with Gasteiger partial charge in [-0.2, -0.15) is 0 Å². The highest BCUT2D eigenvalue weighted by molar-refractivity contribution is 5.88. The number of hydrogen-bond donors (Lipinski definition) is 1. The molecule has 0 aliphatic carbocycles. The highest BCUT2D eigenvalue weighted by Crippen LogP contribution is 2.19. The summed E-state index contributed by atoms with van der Waals surface area (Å²) >= 11 is 0. The van der Waals surface area contributed by atoms with Crippen LogP contribution in [0.4, 0.5) is 5.82 Å². The van der Waals surface area contributed by atoms with Crippen molar-refractivity contribution in [2.75, 3.05) is 11.9 Å². The number of hydrogen-bond acceptors (Lipinski definition) is 4. The number of aryl methyl sites for hydroxylation is 2. The fraction of sp³-hybridized carbons (Fsp3) is 0.333. The molecule has 0 bridgehead atoms. The Kier molecular flexibility index (Phi) is 4.08. The zero-order chi connectivity index (χ0) is 14.7. The number of aromatic carboxylic acids is 1. The predicted octanol–water partition coefficient (Wildman–Crippen LogP) is 2.88. The van der Waals surface area contributed by atoms with Crippen molar-refractivity contribution >= 4 is 11.8 Å². The van der Waals surface area contributed by atoms with Crippen molar-refractivity contribution < 1.29 is 14.3 Å². The Morgan fingerprint density at radius 1 is 1.45 bits per heavy atom. The molecular weight excluding hydrogens is 256 g/mol. The molecule has 0 saturated carbocycles. The molecular formula is C15H18N2O3. The second kappa shape index (κ2) is 5.77. The van der Waals surface area contributed by atoms with Gasteiger partial charge in [0.1, 0.15) is 11.6 Å². The van der Waals surface area contributed by atoms with Crippen LogP contribution in [0, 0.1) is 6.92 Å². The quantitative estimate of drug-likeness (QED) is 0.908. The van der Waals surface area contributed by atoms with Gasteiger partial charge in [-0.15, -0.1) is 0 Å². The molecule has 2 aromatic heterocycles. The maximum atomic E-state index is 11.2. The number of furan rings is 1. The molecule has 1 N–H and O–H groups in total. The van der Waals surface area contributed by atoms with Gasteiger partial charge in [-0.05, 0) is 31.5 Å². The van der Waals surface area contributed by atoms with Crippen LogP contribution < -0.4 is 4.90 Å². The summed E-state index contributed by atoms with van der Waals surface area (Å²) in [6.07, 6.45) is 2.35. The van der Waals surface area contributed by atoms with Crippen molar-refractivity contribution in [1.29, 1.82) is 0 Å². The summed E-state index contributed by atoms with van der Waals surface area (Å²) in [5.41, 5.74) is 2.10. The maximum Gasteiger partial charge on any atom is 0.335 e. The Morgan fingerprint density at radius 3 is 2.75 bits per heavy atom. The number of rotatable bonds is 5. The minimum absolute atomic E-state index is 0.266. The molecule has 106 valence electrons. The molecule has 0 unspecified atom stereocenters. The van der Waals surface area contributed by atoms with Crippen LogP contribution >= 0.6 is 0 Å². The fourth-order valence-electron chi connectivity index (χ4n) is 1.98. The molecule has 0 atom stereocenters. The third kappa shape index (κ3) is 2.99. The third-order valence-electron chi connectivity index (χ3n) is 3.24. The summed E-state index contributed by atoms with van der Waals surface area (Å²) < 4.78 is 5.27. The Balaban J connectivity index is 2.29. The lowest BCUT2D eigenvalue weighted by Crippen LogP contribution is -2.19. The van der Waals surface area contributed by atoms with Gasteiger partial charge in [0.2, 0.25) is 0 Å². The molecule has 2 aromatic rings. The van der Waals surface area contributed by atoms with Gasteiger partial charge in [0.05, 0.1) is 11.8 Å². The number of pyridine rings is 1. The van der Waals surface area contributed by atoms with E-state index in [0.717, 1.165) is 17.0 Å². The Morgan fingerprint density at radius 2 is 2.20 bits per heavy atom. The van der Waals surface area contributed by atoms with E-state index in [-0.39, 0.29) is 5.56 Å². The minimum Gasteiger partial charge on any atom is -0.478 e. The van der Waals surface area contributed by atoms with E-state index in [0.29, 0.717) is 18.8 Å². The van der Waals surface area contributed by atoms with Crippen LogP contribution in [0.1, 0.15) is 34.3 Å². The van der Waals surface area contributed by atoms with Gasteiger partial charge in [0.25, 0.3) is 0 Å². The van der Waals surface area contributed by atoms with Crippen molar-refractivity contribution in [3.63, 3.8) is 0 Å². The van der Waals surface area contributed by atoms with Gasteiger partial charge < -0.3 is 14.4 Å². The number of anilines is 1. The number of carboxylic acids is 1. The number of carbonyl (C=O) groups is 1. The standard InChI is InChI=1S/C15H18N2O3/c1-4-13-7-12(15(18)19)8-14(16-13)17(3)9-11-5-6-20-10(11)2/h5-8H,4,9H2,1-3H3,(H,18,19). The summed E-state index contributed by atoms with van der Waals surface area (Å²) in [5, 5.41) is 9.15. The zero-order valence-corrected chi connectivity index (χ0v) is 11.9. The molecule has 0 amide bonds. The molecule has 0 spiro atoms. The van der Waals surface area contributed by atoms with Gasteiger partial charge >= 0.3 is 5.97 Å². The monoisotopic (exact) mass is 274 g/mol. The second-order valence-electron chi connectivity index (χ2n) is 4.72. The molecule has 2 heterocycles. The average molecular weight is 274 g/mol. The molecule has 5 heteroatoms. The number of aromatic nitrogens is 1. The van der Waals surface area contributed by atoms with Crippen molar-refractivity contribution in [1.82, 2.24) is 4.98 Å². The first-order valence-electron chi connectivity index (χ1n) is 6.49. The van der Waals surface area contributed by atoms with E-state index in [9.17, 15) is 4.79 Å². The SMILES string of the molecule is CCc1cc(C(=O)O)cc(N(C)Cc2ccoc2C)n1. The Bertz CT molecular complexity index is 619. The van der Waals surface area contributed by atoms with Gasteiger partial charge in [-0.25, -0.2) is 9.78 Å². The number of nitrogens with zero attached hydrogens (tertiary/aromatic N) is 2. The van der Waals surface area contributed by atoms with Crippen LogP contribution in [-0.4, -0.2) is 23.1 Å². The van der Waals surface area contributed by atoms with E-state index < -0.39 is 5.97 Å². The van der Waals surface area contributed by atoms with E-state index in [1.165, 1.54) is 0 Å². The topological polar surface area (TPSA) is 66.6 Å². The summed E-state index contributed by atoms with van der Waals surface area (Å²) in [4.78, 5) is 17.6. The molecule has 0 aliphatic heterocycles. The van der Waals surface area contributed by atoms with E-state index in [2.05, 4.69) is 4.98 Å². The smallest absolute Gasteiger partial charge is 0.335 e. The zero-order valence-electron chi connectivity index (χ0n) is 11.9. The fourth-order valence-corrected chi connectivity index (χ4v) is 1.98. The van der Waals surface area contributed by atoms with Crippen molar-refractivity contribution in [3.8, 4) is 0 Å². The lowest BCUT2D eigenvalue weighted by atomic mass is 10.2. The molecule has 2 rings (SSSR count). The maximum absolute atomic E-state index is 11.2. The van der Waals surface area contributed by atoms with Gasteiger partial charge in [-0.3, -0.25) is 0 Å². The first-order chi connectivity index (χ1) is 9.51. The highest BCUT2D eigenvalue weighted by atomic mass is 16.4. The number of carboxylic acid groups (broad SMARTS) is 1. The third-order valence-corrected chi connectivity index (χ3v) is 3.24. The summed E-state index contributed by atoms with van der Waals surface area (Å²) in [6, 6.07) is 5.12. The molecule has 20 heavy (non-hydrogen) atoms. The largest absolute Gasteiger partial charge is 0.478 e. The lowest BCUT2D eigenvalue weighted by Gasteiger charge is -2.19. The van der Waals surface area contributed by atoms with E-state index in [1.54, 1.807) is 18.4 Å². The molecule has 0 aliphatic rings. The molecule has 0 saturated heterocycles. The molecule has 0 fully saturated rings. The molecule has 0 aromatic carbocycles. The van der Waals surface area contributed by atoms with E-state index >= 15 is 0 Å². The Labute approximate surface area is 117 Å². The molecule has 5 nitrogen and oxygen atoms in total. The van der Waals surface area contributed by atoms with Crippen molar-refractivity contribution in [2.24, 2.45) is 0 Å². The summed E-state index contributed by atoms with van der Waals surface area (Å²) in [6.45, 7) is 4.49. The van der Waals surface area contributed by atoms with Crippen molar-refractivity contribution in [2.45, 2.75) is 26.8 Å². The van der Waals surface area contributed by atoms with E-state index in [1.807, 2.05) is 31.9 Å². The first-order valence-corrected chi connectivity index (χ1v) is 6.49. The summed E-state index contributed by atoms with van der Waals surface area (Å²) in [7, 11) is 1.89. The molecule has 0 radical (unpaired) electrons. The van der Waals surface area contributed by atoms with E-state index in [4.69, 9.17) is 9.52 Å². The van der Waals surface area contributed by atoms with Gasteiger partial charge in [-0.1, -0.05) is 6.92 Å². The normalized spacial score (nSPS) is 10.6. The van der Waals surface area contributed by atoms with Gasteiger partial charge in [0.15, 0.2) is 0 Å². The minimum atomic E-state index is -0.934. The van der Waals surface area contributed by atoms with Crippen LogP contribution in [0.15, 0.2) is 28.9 Å². The second-order valence-corrected chi connectivity index (χ2v) is 4.72. The highest BCUT2D eigenvalue weighted by Gasteiger charge is 2.12. The Hall–Kier alpha value is -2.30. The predicted molar refractivity (Wildman–Crippen MR) is 76.1 cm³/mol. The van der Waals surface area contributed by atoms with Crippen LogP contribution in [-0.2, 0) is 13.0 Å². The lowest BCUT2D eigenvalue weighted by molar-refractivity contribution is 0.0696. The van der Waals surface area contributed by atoms with Gasteiger partial charge in [0, 0.05) is 24.8 Å². The summed E-state index contributed by atoms with van der Waals surface area (Å²) in [5.74, 6) is 0.584. The average Bonchev–Trinajstić information content (AvgIpc) is 2.83. The van der Waals surface area contributed by atoms with Crippen LogP contribution in [0.25, 0.3) is 0 Å². The first kappa shape index (κ1) is 14.1. The van der Waals surface area contributed by atoms with Crippen molar-refractivity contribution in [3.05, 3.63) is 47.0 Å². The van der Waals surface area contributed by atoms with Crippen LogP contribution in [0.5, 0.6) is 0 Å². The van der Waals surface area contributed by atoms with Crippen LogP contribution in [0.3, 0.4) is 0 Å². The van der Waals surface area contributed by atoms with Crippen LogP contribution in [0.2, 0.25) is 0 Å².